The smallest absolute Gasteiger partial charge is 0.247 e. The molecule has 4 heteroatoms. The molecule has 1 aromatic carbocycles. The van der Waals surface area contributed by atoms with E-state index < -0.39 is 0 Å². The zero-order valence-corrected chi connectivity index (χ0v) is 11.1. The maximum atomic E-state index is 11.5. The zero-order valence-electron chi connectivity index (χ0n) is 11.1. The number of methoxy groups -OCH3 is 1. The van der Waals surface area contributed by atoms with Gasteiger partial charge in [0.2, 0.25) is 5.91 Å². The van der Waals surface area contributed by atoms with E-state index in [1.165, 1.54) is 11.1 Å². The van der Waals surface area contributed by atoms with Crippen molar-refractivity contribution in [2.24, 2.45) is 0 Å². The van der Waals surface area contributed by atoms with Crippen LogP contribution < -0.4 is 10.1 Å². The largest absolute Gasteiger partial charge is 0.497 e. The van der Waals surface area contributed by atoms with Gasteiger partial charge in [-0.3, -0.25) is 9.69 Å². The summed E-state index contributed by atoms with van der Waals surface area (Å²) in [5.41, 5.74) is 3.57. The summed E-state index contributed by atoms with van der Waals surface area (Å²) in [4.78, 5) is 13.9. The maximum Gasteiger partial charge on any atom is 0.247 e. The maximum absolute atomic E-state index is 11.5. The lowest BCUT2D eigenvalue weighted by Crippen LogP contribution is -2.31. The number of nitrogens with zero attached hydrogens (tertiary/aromatic N) is 1. The molecule has 3 rings (SSSR count). The molecule has 2 heterocycles. The van der Waals surface area contributed by atoms with E-state index in [1.807, 2.05) is 12.1 Å². The number of amides is 1. The van der Waals surface area contributed by atoms with Crippen molar-refractivity contribution in [3.05, 3.63) is 41.0 Å². The number of hydrogen-bond acceptors (Lipinski definition) is 3. The van der Waals surface area contributed by atoms with Crippen molar-refractivity contribution in [3.63, 3.8) is 0 Å². The number of nitrogens with one attached hydrogen (secondary N) is 1. The van der Waals surface area contributed by atoms with E-state index in [2.05, 4.69) is 22.3 Å². The van der Waals surface area contributed by atoms with E-state index in [0.29, 0.717) is 0 Å². The van der Waals surface area contributed by atoms with Crippen molar-refractivity contribution in [2.75, 3.05) is 26.7 Å². The van der Waals surface area contributed by atoms with Gasteiger partial charge in [0.25, 0.3) is 0 Å². The minimum Gasteiger partial charge on any atom is -0.497 e. The van der Waals surface area contributed by atoms with E-state index in [1.54, 1.807) is 7.11 Å². The van der Waals surface area contributed by atoms with Gasteiger partial charge < -0.3 is 10.1 Å². The van der Waals surface area contributed by atoms with Gasteiger partial charge in [0, 0.05) is 31.8 Å². The Kier molecular flexibility index (Phi) is 3.25. The van der Waals surface area contributed by atoms with Crippen molar-refractivity contribution in [2.45, 2.75) is 13.0 Å². The molecule has 1 N–H and O–H groups in total. The Hall–Kier alpha value is -1.81. The number of carbonyl (C=O) groups excluding carboxylic acids is 1. The van der Waals surface area contributed by atoms with Crippen LogP contribution in [0.25, 0.3) is 0 Å². The molecule has 1 aromatic rings. The molecule has 1 amide bonds. The minimum absolute atomic E-state index is 0.138. The Morgan fingerprint density at radius 1 is 1.32 bits per heavy atom. The van der Waals surface area contributed by atoms with Gasteiger partial charge in [0.05, 0.1) is 7.11 Å². The summed E-state index contributed by atoms with van der Waals surface area (Å²) in [7, 11) is 1.68. The van der Waals surface area contributed by atoms with Crippen LogP contribution in [0.1, 0.15) is 12.0 Å². The molecule has 0 bridgehead atoms. The molecule has 0 unspecified atom stereocenters. The third-order valence-electron chi connectivity index (χ3n) is 3.82. The van der Waals surface area contributed by atoms with Gasteiger partial charge in [-0.25, -0.2) is 0 Å². The highest BCUT2D eigenvalue weighted by Crippen LogP contribution is 2.23. The standard InChI is InChI=1S/C15H18N2O2/c1-19-13-4-2-11(3-5-13)9-17-7-6-14-12(10-17)8-16-15(14)18/h2-5H,6-10H2,1H3,(H,16,18). The fourth-order valence-corrected chi connectivity index (χ4v) is 2.75. The summed E-state index contributed by atoms with van der Waals surface area (Å²) in [6.45, 7) is 3.51. The first-order valence-electron chi connectivity index (χ1n) is 6.60. The molecule has 2 aliphatic rings. The van der Waals surface area contributed by atoms with Crippen LogP contribution in [0.5, 0.6) is 5.75 Å². The molecule has 0 saturated carbocycles. The Morgan fingerprint density at radius 2 is 2.11 bits per heavy atom. The number of benzene rings is 1. The second kappa shape index (κ2) is 5.05. The molecule has 0 aliphatic carbocycles. The van der Waals surface area contributed by atoms with Gasteiger partial charge in [0.1, 0.15) is 5.75 Å². The van der Waals surface area contributed by atoms with Crippen LogP contribution in [0.3, 0.4) is 0 Å². The Morgan fingerprint density at radius 3 is 2.84 bits per heavy atom. The summed E-state index contributed by atoms with van der Waals surface area (Å²) in [6.07, 6.45) is 0.872. The zero-order chi connectivity index (χ0) is 13.2. The summed E-state index contributed by atoms with van der Waals surface area (Å²) in [6, 6.07) is 8.18. The van der Waals surface area contributed by atoms with Gasteiger partial charge in [-0.05, 0) is 29.7 Å². The molecule has 0 saturated heterocycles. The van der Waals surface area contributed by atoms with E-state index in [9.17, 15) is 4.79 Å². The monoisotopic (exact) mass is 258 g/mol. The van der Waals surface area contributed by atoms with Gasteiger partial charge in [0.15, 0.2) is 0 Å². The first kappa shape index (κ1) is 12.2. The molecule has 0 atom stereocenters. The summed E-state index contributed by atoms with van der Waals surface area (Å²) < 4.78 is 5.16. The highest BCUT2D eigenvalue weighted by atomic mass is 16.5. The fraction of sp³-hybridized carbons (Fsp3) is 0.400. The van der Waals surface area contributed by atoms with Crippen LogP contribution >= 0.6 is 0 Å². The molecule has 0 radical (unpaired) electrons. The van der Waals surface area contributed by atoms with Crippen LogP contribution in [0.4, 0.5) is 0 Å². The highest BCUT2D eigenvalue weighted by molar-refractivity contribution is 5.97. The fourth-order valence-electron chi connectivity index (χ4n) is 2.75. The van der Waals surface area contributed by atoms with Gasteiger partial charge in [-0.15, -0.1) is 0 Å². The summed E-state index contributed by atoms with van der Waals surface area (Å²) in [5.74, 6) is 1.03. The van der Waals surface area contributed by atoms with E-state index in [0.717, 1.165) is 43.9 Å². The average Bonchev–Trinajstić information content (AvgIpc) is 2.81. The normalized spacial score (nSPS) is 19.3. The van der Waals surface area contributed by atoms with Crippen LogP contribution in [0, 0.1) is 0 Å². The average molecular weight is 258 g/mol. The quantitative estimate of drug-likeness (QED) is 0.889. The second-order valence-corrected chi connectivity index (χ2v) is 5.07. The van der Waals surface area contributed by atoms with Crippen LogP contribution in [0.15, 0.2) is 35.4 Å². The van der Waals surface area contributed by atoms with Gasteiger partial charge in [-0.2, -0.15) is 0 Å². The molecule has 100 valence electrons. The molecule has 0 fully saturated rings. The first-order chi connectivity index (χ1) is 9.26. The molecule has 19 heavy (non-hydrogen) atoms. The second-order valence-electron chi connectivity index (χ2n) is 5.07. The molecular formula is C15H18N2O2. The van der Waals surface area contributed by atoms with Crippen molar-refractivity contribution in [3.8, 4) is 5.75 Å². The molecule has 0 spiro atoms. The number of hydrogen-bond donors (Lipinski definition) is 1. The number of rotatable bonds is 3. The lowest BCUT2D eigenvalue weighted by molar-refractivity contribution is -0.116. The van der Waals surface area contributed by atoms with E-state index in [4.69, 9.17) is 4.74 Å². The predicted octanol–water partition coefficient (Wildman–Crippen LogP) is 1.33. The third kappa shape index (κ3) is 2.49. The molecule has 0 aromatic heterocycles. The van der Waals surface area contributed by atoms with Crippen molar-refractivity contribution in [1.29, 1.82) is 0 Å². The molecule has 4 nitrogen and oxygen atoms in total. The lowest BCUT2D eigenvalue weighted by atomic mass is 10.0. The van der Waals surface area contributed by atoms with Crippen molar-refractivity contribution in [1.82, 2.24) is 10.2 Å². The number of carbonyl (C=O) groups is 1. The highest BCUT2D eigenvalue weighted by Gasteiger charge is 2.27. The van der Waals surface area contributed by atoms with E-state index in [-0.39, 0.29) is 5.91 Å². The molecule has 2 aliphatic heterocycles. The molecular weight excluding hydrogens is 240 g/mol. The SMILES string of the molecule is COc1ccc(CN2CCC3=C(CNC3=O)C2)cc1. The predicted molar refractivity (Wildman–Crippen MR) is 72.9 cm³/mol. The third-order valence-corrected chi connectivity index (χ3v) is 3.82. The van der Waals surface area contributed by atoms with Crippen LogP contribution in [-0.2, 0) is 11.3 Å². The lowest BCUT2D eigenvalue weighted by Gasteiger charge is -2.27. The van der Waals surface area contributed by atoms with Gasteiger partial charge in [-0.1, -0.05) is 12.1 Å². The number of ether oxygens (including phenoxy) is 1. The summed E-state index contributed by atoms with van der Waals surface area (Å²) in [5, 5.41) is 2.90. The van der Waals surface area contributed by atoms with Crippen molar-refractivity contribution < 1.29 is 9.53 Å². The Labute approximate surface area is 113 Å². The topological polar surface area (TPSA) is 41.6 Å². The minimum atomic E-state index is 0.138. The van der Waals surface area contributed by atoms with Crippen LogP contribution in [0.2, 0.25) is 0 Å². The van der Waals surface area contributed by atoms with E-state index >= 15 is 0 Å². The van der Waals surface area contributed by atoms with Gasteiger partial charge >= 0.3 is 0 Å². The Balaban J connectivity index is 1.65. The van der Waals surface area contributed by atoms with Crippen molar-refractivity contribution >= 4 is 5.91 Å². The summed E-state index contributed by atoms with van der Waals surface area (Å²) >= 11 is 0. The Bertz CT molecular complexity index is 519. The first-order valence-corrected chi connectivity index (χ1v) is 6.60. The van der Waals surface area contributed by atoms with Crippen LogP contribution in [-0.4, -0.2) is 37.6 Å².